The summed E-state index contributed by atoms with van der Waals surface area (Å²) in [6.45, 7) is 22.0. The number of rotatable bonds is 13. The zero-order chi connectivity index (χ0) is 66.8. The van der Waals surface area contributed by atoms with Gasteiger partial charge in [0.15, 0.2) is 0 Å². The fourth-order valence-electron chi connectivity index (χ4n) is 14.7. The van der Waals surface area contributed by atoms with Crippen LogP contribution in [-0.2, 0) is 20.1 Å². The van der Waals surface area contributed by atoms with Crippen LogP contribution in [0, 0.1) is 73.6 Å². The van der Waals surface area contributed by atoms with E-state index in [0.29, 0.717) is 5.92 Å². The van der Waals surface area contributed by atoms with Gasteiger partial charge in [0.1, 0.15) is 0 Å². The minimum atomic E-state index is 0. The molecule has 16 rings (SSSR count). The minimum Gasteiger partial charge on any atom is -0.340 e. The molecule has 0 saturated carbocycles. The van der Waals surface area contributed by atoms with Crippen molar-refractivity contribution in [3.8, 4) is 62.6 Å². The molecule has 0 aliphatic carbocycles. The van der Waals surface area contributed by atoms with Gasteiger partial charge < -0.3 is 22.8 Å². The Morgan fingerprint density at radius 1 is 0.367 bits per heavy atom. The first-order chi connectivity index (χ1) is 47.3. The van der Waals surface area contributed by atoms with Crippen LogP contribution in [0.25, 0.3) is 106 Å². The second-order valence-electron chi connectivity index (χ2n) is 25.7. The SMILES string of the molecule is CCC(CC(C)c1cc(-n2c3ccccc3c3ncccc32)cc(-n2c3ccccc3c3ncccc32)c1)c1cc(C)c(-n2ccnc2-c2[c-]cccc2)c(C)c1.Cc1cc(C)c(-n2ccnc2-c2[c-]cccc2)c(C)c1.Cc1cc(C)c(-n2ccnc2-c2[c-]cccc2)c(C)c1.[Ir+3]. The molecule has 0 aliphatic rings. The molecule has 7 aromatic heterocycles. The molecule has 16 aromatic rings. The quantitative estimate of drug-likeness (QED) is 0.107. The Kier molecular flexibility index (Phi) is 19.1. The smallest absolute Gasteiger partial charge is 0.340 e. The van der Waals surface area contributed by atoms with Gasteiger partial charge in [-0.05, 0) is 179 Å². The van der Waals surface area contributed by atoms with Gasteiger partial charge in [-0.25, -0.2) is 0 Å². The number of hydrogen-bond donors (Lipinski definition) is 0. The van der Waals surface area contributed by atoms with E-state index < -0.39 is 0 Å². The Labute approximate surface area is 588 Å². The van der Waals surface area contributed by atoms with E-state index in [1.54, 1.807) is 0 Å². The van der Waals surface area contributed by atoms with Crippen LogP contribution in [0.3, 0.4) is 0 Å². The number of aromatic nitrogens is 10. The summed E-state index contributed by atoms with van der Waals surface area (Å²) < 4.78 is 11.3. The molecule has 0 aliphatic heterocycles. The Hall–Kier alpha value is -10.8. The maximum absolute atomic E-state index is 4.87. The largest absolute Gasteiger partial charge is 3.00 e. The molecule has 2 atom stereocenters. The Morgan fingerprint density at radius 3 is 1.09 bits per heavy atom. The monoisotopic (exact) mass is 1450 g/mol. The topological polar surface area (TPSA) is 89.1 Å². The number of fused-ring (bicyclic) bond motifs is 6. The number of aryl methyl sites for hydroxylation is 8. The summed E-state index contributed by atoms with van der Waals surface area (Å²) in [4.78, 5) is 23.5. The van der Waals surface area contributed by atoms with Crippen LogP contribution in [0.2, 0.25) is 0 Å². The predicted molar refractivity (Wildman–Crippen MR) is 398 cm³/mol. The van der Waals surface area contributed by atoms with Crippen molar-refractivity contribution in [2.45, 2.75) is 93.9 Å². The number of imidazole rings is 3. The van der Waals surface area contributed by atoms with Gasteiger partial charge in [0.05, 0.1) is 50.6 Å². The fraction of sp³-hybridized carbons (Fsp3) is 0.161. The summed E-state index contributed by atoms with van der Waals surface area (Å²) in [5.41, 5.74) is 28.2. The van der Waals surface area contributed by atoms with Gasteiger partial charge in [0, 0.05) is 88.8 Å². The molecule has 9 aromatic carbocycles. The van der Waals surface area contributed by atoms with Crippen LogP contribution >= 0.6 is 0 Å². The first-order valence-electron chi connectivity index (χ1n) is 33.4. The second-order valence-corrected chi connectivity index (χ2v) is 25.7. The molecule has 0 bridgehead atoms. The van der Waals surface area contributed by atoms with E-state index in [9.17, 15) is 0 Å². The molecule has 7 heterocycles. The predicted octanol–water partition coefficient (Wildman–Crippen LogP) is 21.2. The van der Waals surface area contributed by atoms with Crippen molar-refractivity contribution in [1.82, 2.24) is 47.8 Å². The number of hydrogen-bond acceptors (Lipinski definition) is 5. The summed E-state index contributed by atoms with van der Waals surface area (Å²) in [5, 5.41) is 2.30. The third-order valence-corrected chi connectivity index (χ3v) is 18.7. The van der Waals surface area contributed by atoms with Gasteiger partial charge >= 0.3 is 20.1 Å². The molecular weight excluding hydrogens is 1380 g/mol. The zero-order valence-electron chi connectivity index (χ0n) is 57.0. The molecule has 10 nitrogen and oxygen atoms in total. The molecular formula is C87H77IrN10. The fourth-order valence-corrected chi connectivity index (χ4v) is 14.7. The third-order valence-electron chi connectivity index (χ3n) is 18.7. The van der Waals surface area contributed by atoms with Crippen LogP contribution in [0.15, 0.2) is 250 Å². The normalized spacial score (nSPS) is 11.9. The summed E-state index contributed by atoms with van der Waals surface area (Å²) in [5.74, 6) is 3.41. The van der Waals surface area contributed by atoms with Crippen LogP contribution in [0.1, 0.15) is 94.2 Å². The minimum absolute atomic E-state index is 0. The number of para-hydroxylation sites is 2. The van der Waals surface area contributed by atoms with E-state index in [0.717, 1.165) is 102 Å². The standard InChI is InChI=1S/C51H43N6.2C18H17N2.Ir/c1-5-36(39-28-34(3)50(35(4)29-39)55-26-25-54-51(55)37-15-7-6-8-16-37)27-33(2)38-30-40(56-44-19-11-9-17-42(44)48-46(56)21-13-23-52-48)32-41(31-38)57-45-20-12-10-18-43(45)49-47(57)22-14-24-53-49;2*1-13-11-14(2)17(15(3)12-13)20-10-9-19-18(20)16-7-5-4-6-8-16;/h6-15,17-26,28-33,36H,5,27H2,1-4H3;2*4-7,9-12H,1-3H3;/q3*-1;+3. The molecule has 484 valence electrons. The molecule has 11 heteroatoms. The number of nitrogens with zero attached hydrogens (tertiary/aromatic N) is 10. The van der Waals surface area contributed by atoms with Crippen molar-refractivity contribution < 1.29 is 20.1 Å². The van der Waals surface area contributed by atoms with Gasteiger partial charge in [-0.15, -0.1) is 108 Å². The average molecular weight is 1450 g/mol. The van der Waals surface area contributed by atoms with Crippen LogP contribution in [0.5, 0.6) is 0 Å². The van der Waals surface area contributed by atoms with Gasteiger partial charge in [0.25, 0.3) is 0 Å². The number of pyridine rings is 2. The maximum atomic E-state index is 4.87. The summed E-state index contributed by atoms with van der Waals surface area (Å²) in [7, 11) is 0. The summed E-state index contributed by atoms with van der Waals surface area (Å²) in [6, 6.07) is 80.3. The molecule has 0 N–H and O–H groups in total. The molecule has 2 unspecified atom stereocenters. The number of benzene rings is 9. The first kappa shape index (κ1) is 65.8. The van der Waals surface area contributed by atoms with E-state index in [4.69, 9.17) is 15.0 Å². The first-order valence-corrected chi connectivity index (χ1v) is 33.4. The van der Waals surface area contributed by atoms with Gasteiger partial charge in [-0.3, -0.25) is 24.9 Å². The van der Waals surface area contributed by atoms with Gasteiger partial charge in [-0.1, -0.05) is 97.8 Å². The van der Waals surface area contributed by atoms with Crippen LogP contribution in [-0.4, -0.2) is 47.8 Å². The van der Waals surface area contributed by atoms with Crippen molar-refractivity contribution in [2.24, 2.45) is 0 Å². The van der Waals surface area contributed by atoms with E-state index in [1.165, 1.54) is 72.7 Å². The van der Waals surface area contributed by atoms with Crippen LogP contribution < -0.4 is 0 Å². The van der Waals surface area contributed by atoms with Crippen molar-refractivity contribution >= 4 is 43.9 Å². The van der Waals surface area contributed by atoms with Crippen molar-refractivity contribution in [1.29, 1.82) is 0 Å². The van der Waals surface area contributed by atoms with E-state index >= 15 is 0 Å². The van der Waals surface area contributed by atoms with Crippen molar-refractivity contribution in [2.75, 3.05) is 0 Å². The Morgan fingerprint density at radius 2 is 0.724 bits per heavy atom. The second kappa shape index (κ2) is 28.5. The Bertz CT molecular complexity index is 5060. The van der Waals surface area contributed by atoms with E-state index in [-0.39, 0.29) is 26.0 Å². The zero-order valence-corrected chi connectivity index (χ0v) is 59.4. The molecule has 0 fully saturated rings. The van der Waals surface area contributed by atoms with Crippen molar-refractivity contribution in [3.05, 3.63) is 324 Å². The van der Waals surface area contributed by atoms with E-state index in [1.807, 2.05) is 122 Å². The van der Waals surface area contributed by atoms with Gasteiger partial charge in [-0.2, -0.15) is 0 Å². The molecule has 0 saturated heterocycles. The molecule has 0 radical (unpaired) electrons. The third kappa shape index (κ3) is 12.8. The van der Waals surface area contributed by atoms with E-state index in [2.05, 4.69) is 248 Å². The summed E-state index contributed by atoms with van der Waals surface area (Å²) in [6.07, 6.45) is 17.5. The maximum Gasteiger partial charge on any atom is 3.00 e. The van der Waals surface area contributed by atoms with Crippen LogP contribution in [0.4, 0.5) is 0 Å². The van der Waals surface area contributed by atoms with Crippen molar-refractivity contribution in [3.63, 3.8) is 0 Å². The molecule has 0 spiro atoms. The average Bonchev–Trinajstić information content (AvgIpc) is 1.58. The van der Waals surface area contributed by atoms with Gasteiger partial charge in [0.2, 0.25) is 0 Å². The molecule has 98 heavy (non-hydrogen) atoms. The summed E-state index contributed by atoms with van der Waals surface area (Å²) >= 11 is 0. The molecule has 0 amide bonds. The Balaban J connectivity index is 0.000000171.